The summed E-state index contributed by atoms with van der Waals surface area (Å²) < 4.78 is 8.63. The summed E-state index contributed by atoms with van der Waals surface area (Å²) in [5.74, 6) is -1.08. The molecule has 15 heavy (non-hydrogen) atoms. The number of carbonyl (C=O) groups excluding carboxylic acids is 2. The smallest absolute Gasteiger partial charge is 0.302 e. The molecule has 0 radical (unpaired) electrons. The van der Waals surface area contributed by atoms with Crippen LogP contribution in [0.4, 0.5) is 0 Å². The van der Waals surface area contributed by atoms with Gasteiger partial charge in [0.15, 0.2) is 0 Å². The largest absolute Gasteiger partial charge is 0.465 e. The van der Waals surface area contributed by atoms with E-state index in [1.165, 1.54) is 13.8 Å². The monoisotopic (exact) mass is 254 g/mol. The highest BCUT2D eigenvalue weighted by atomic mass is 35.5. The summed E-state index contributed by atoms with van der Waals surface area (Å²) in [7, 11) is 0. The van der Waals surface area contributed by atoms with Crippen molar-refractivity contribution in [2.24, 2.45) is 11.8 Å². The quantitative estimate of drug-likeness (QED) is 0.564. The van der Waals surface area contributed by atoms with E-state index in [-0.39, 0.29) is 37.0 Å². The predicted octanol–water partition coefficient (Wildman–Crippen LogP) is 1.53. The van der Waals surface area contributed by atoms with E-state index in [1.807, 2.05) is 0 Å². The summed E-state index contributed by atoms with van der Waals surface area (Å²) in [5, 5.41) is 0. The second-order valence-electron chi connectivity index (χ2n) is 3.49. The first kappa shape index (κ1) is 12.6. The Morgan fingerprint density at radius 2 is 1.40 bits per heavy atom. The van der Waals surface area contributed by atoms with Gasteiger partial charge in [0.05, 0.1) is 13.2 Å². The zero-order valence-corrected chi connectivity index (χ0v) is 9.97. The number of hydrogen-bond acceptors (Lipinski definition) is 4. The van der Waals surface area contributed by atoms with Crippen LogP contribution in [0, 0.1) is 11.8 Å². The normalized spacial score (nSPS) is 26.9. The lowest BCUT2D eigenvalue weighted by atomic mass is 10.3. The van der Waals surface area contributed by atoms with Gasteiger partial charge in [0.1, 0.15) is 4.33 Å². The van der Waals surface area contributed by atoms with Gasteiger partial charge in [-0.25, -0.2) is 0 Å². The van der Waals surface area contributed by atoms with Crippen molar-refractivity contribution in [3.63, 3.8) is 0 Å². The number of carbonyl (C=O) groups is 2. The average molecular weight is 255 g/mol. The molecule has 0 spiro atoms. The Labute approximate surface area is 97.8 Å². The first-order valence-corrected chi connectivity index (χ1v) is 5.25. The Morgan fingerprint density at radius 3 is 1.67 bits per heavy atom. The lowest BCUT2D eigenvalue weighted by molar-refractivity contribution is -0.143. The Balaban J connectivity index is 2.34. The summed E-state index contributed by atoms with van der Waals surface area (Å²) in [6.45, 7) is 2.95. The van der Waals surface area contributed by atoms with Crippen LogP contribution in [0.15, 0.2) is 0 Å². The minimum atomic E-state index is -0.953. The van der Waals surface area contributed by atoms with Crippen LogP contribution in [-0.2, 0) is 19.1 Å². The molecule has 1 fully saturated rings. The molecule has 0 bridgehead atoms. The van der Waals surface area contributed by atoms with Crippen LogP contribution >= 0.6 is 23.2 Å². The molecule has 0 aliphatic heterocycles. The van der Waals surface area contributed by atoms with Gasteiger partial charge < -0.3 is 9.47 Å². The number of hydrogen-bond donors (Lipinski definition) is 0. The van der Waals surface area contributed by atoms with E-state index in [9.17, 15) is 9.59 Å². The fraction of sp³-hybridized carbons (Fsp3) is 0.778. The van der Waals surface area contributed by atoms with Crippen LogP contribution < -0.4 is 0 Å². The second-order valence-corrected chi connectivity index (χ2v) is 4.94. The molecule has 0 saturated heterocycles. The summed E-state index contributed by atoms with van der Waals surface area (Å²) in [6, 6.07) is 0. The molecular weight excluding hydrogens is 243 g/mol. The Bertz CT molecular complexity index is 251. The van der Waals surface area contributed by atoms with Gasteiger partial charge in [-0.3, -0.25) is 9.59 Å². The van der Waals surface area contributed by atoms with Gasteiger partial charge in [-0.15, -0.1) is 23.2 Å². The second kappa shape index (κ2) is 4.58. The van der Waals surface area contributed by atoms with Crippen molar-refractivity contribution in [1.29, 1.82) is 0 Å². The predicted molar refractivity (Wildman–Crippen MR) is 54.7 cm³/mol. The van der Waals surface area contributed by atoms with Crippen LogP contribution in [0.1, 0.15) is 13.8 Å². The molecule has 0 aromatic carbocycles. The van der Waals surface area contributed by atoms with Gasteiger partial charge >= 0.3 is 11.9 Å². The first-order chi connectivity index (χ1) is 6.85. The first-order valence-electron chi connectivity index (χ1n) is 4.50. The molecule has 1 saturated carbocycles. The van der Waals surface area contributed by atoms with E-state index in [2.05, 4.69) is 0 Å². The van der Waals surface area contributed by atoms with Crippen LogP contribution in [0.25, 0.3) is 0 Å². The van der Waals surface area contributed by atoms with Crippen molar-refractivity contribution in [2.45, 2.75) is 18.2 Å². The van der Waals surface area contributed by atoms with Gasteiger partial charge in [-0.05, 0) is 0 Å². The molecule has 1 aliphatic carbocycles. The maximum absolute atomic E-state index is 10.6. The Morgan fingerprint density at radius 1 is 1.07 bits per heavy atom. The molecule has 0 aromatic heterocycles. The van der Waals surface area contributed by atoms with Crippen molar-refractivity contribution >= 4 is 35.1 Å². The fourth-order valence-electron chi connectivity index (χ4n) is 1.33. The summed E-state index contributed by atoms with van der Waals surface area (Å²) >= 11 is 11.8. The zero-order valence-electron chi connectivity index (χ0n) is 8.46. The van der Waals surface area contributed by atoms with Crippen molar-refractivity contribution in [3.8, 4) is 0 Å². The number of ether oxygens (including phenoxy) is 2. The summed E-state index contributed by atoms with van der Waals surface area (Å²) in [4.78, 5) is 21.1. The SMILES string of the molecule is CC(=O)OC[C@@H]1[C@@H](COC(C)=O)C1(Cl)Cl. The maximum atomic E-state index is 10.6. The van der Waals surface area contributed by atoms with Crippen LogP contribution in [0.3, 0.4) is 0 Å². The zero-order chi connectivity index (χ0) is 11.6. The molecule has 0 unspecified atom stereocenters. The molecule has 0 heterocycles. The van der Waals surface area contributed by atoms with E-state index in [0.717, 1.165) is 0 Å². The number of alkyl halides is 2. The van der Waals surface area contributed by atoms with Gasteiger partial charge in [-0.2, -0.15) is 0 Å². The molecule has 86 valence electrons. The minimum absolute atomic E-state index is 0.161. The standard InChI is InChI=1S/C9H12Cl2O4/c1-5(12)14-3-7-8(9(7,10)11)4-15-6(2)13/h7-8H,3-4H2,1-2H3/t7-,8-/m1/s1. The van der Waals surface area contributed by atoms with Crippen LogP contribution in [-0.4, -0.2) is 29.5 Å². The van der Waals surface area contributed by atoms with Crippen LogP contribution in [0.5, 0.6) is 0 Å². The highest BCUT2D eigenvalue weighted by Crippen LogP contribution is 2.59. The fourth-order valence-corrected chi connectivity index (χ4v) is 2.06. The maximum Gasteiger partial charge on any atom is 0.302 e. The topological polar surface area (TPSA) is 52.6 Å². The highest BCUT2D eigenvalue weighted by molar-refractivity contribution is 6.51. The summed E-state index contributed by atoms with van der Waals surface area (Å²) in [6.07, 6.45) is 0. The van der Waals surface area contributed by atoms with Crippen molar-refractivity contribution in [3.05, 3.63) is 0 Å². The number of esters is 2. The third-order valence-electron chi connectivity index (χ3n) is 2.30. The Hall–Kier alpha value is -0.480. The molecule has 1 rings (SSSR count). The van der Waals surface area contributed by atoms with E-state index >= 15 is 0 Å². The van der Waals surface area contributed by atoms with Crippen molar-refractivity contribution < 1.29 is 19.1 Å². The van der Waals surface area contributed by atoms with Crippen molar-refractivity contribution in [1.82, 2.24) is 0 Å². The van der Waals surface area contributed by atoms with Crippen LogP contribution in [0.2, 0.25) is 0 Å². The molecule has 2 atom stereocenters. The van der Waals surface area contributed by atoms with Gasteiger partial charge in [-0.1, -0.05) is 0 Å². The van der Waals surface area contributed by atoms with E-state index in [4.69, 9.17) is 32.7 Å². The molecule has 0 amide bonds. The molecule has 6 heteroatoms. The molecule has 0 N–H and O–H groups in total. The Kier molecular flexibility index (Phi) is 3.84. The molecule has 4 nitrogen and oxygen atoms in total. The highest BCUT2D eigenvalue weighted by Gasteiger charge is 2.64. The number of halogens is 2. The lowest BCUT2D eigenvalue weighted by Crippen LogP contribution is -2.07. The van der Waals surface area contributed by atoms with E-state index in [1.54, 1.807) is 0 Å². The lowest BCUT2D eigenvalue weighted by Gasteiger charge is -2.00. The molecule has 1 aliphatic rings. The van der Waals surface area contributed by atoms with Gasteiger partial charge in [0.2, 0.25) is 0 Å². The minimum Gasteiger partial charge on any atom is -0.465 e. The number of rotatable bonds is 4. The third-order valence-corrected chi connectivity index (χ3v) is 3.42. The van der Waals surface area contributed by atoms with E-state index in [0.29, 0.717) is 0 Å². The third kappa shape index (κ3) is 3.24. The molecular formula is C9H12Cl2O4. The average Bonchev–Trinajstić information content (AvgIpc) is 2.60. The van der Waals surface area contributed by atoms with Gasteiger partial charge in [0.25, 0.3) is 0 Å². The summed E-state index contributed by atoms with van der Waals surface area (Å²) in [5.41, 5.74) is 0. The van der Waals surface area contributed by atoms with Gasteiger partial charge in [0, 0.05) is 25.7 Å². The van der Waals surface area contributed by atoms with Crippen molar-refractivity contribution in [2.75, 3.05) is 13.2 Å². The van der Waals surface area contributed by atoms with E-state index < -0.39 is 4.33 Å². The molecule has 0 aromatic rings.